The predicted molar refractivity (Wildman–Crippen MR) is 116 cm³/mol. The Hall–Kier alpha value is -2.52. The molecule has 0 bridgehead atoms. The van der Waals surface area contributed by atoms with Crippen molar-refractivity contribution < 1.29 is 22.1 Å². The van der Waals surface area contributed by atoms with Gasteiger partial charge < -0.3 is 9.84 Å². The second kappa shape index (κ2) is 8.92. The van der Waals surface area contributed by atoms with Crippen LogP contribution in [0.5, 0.6) is 0 Å². The zero-order chi connectivity index (χ0) is 22.8. The standard InChI is InChI=1S/C22H28FN3O4S/c1-15-20(19(30-25-15)10-9-16-7-5-6-8-18(16)23)31(28,29)26-13-11-17(12-14-26)21(27)24-22(2,3)4/h5-10,17H,11-14H2,1-4H3,(H,24,27). The number of hydrogen-bond donors (Lipinski definition) is 1. The lowest BCUT2D eigenvalue weighted by Crippen LogP contribution is -2.47. The summed E-state index contributed by atoms with van der Waals surface area (Å²) in [5, 5.41) is 6.76. The van der Waals surface area contributed by atoms with E-state index >= 15 is 0 Å². The van der Waals surface area contributed by atoms with Crippen LogP contribution in [0.15, 0.2) is 33.7 Å². The molecule has 1 amide bonds. The van der Waals surface area contributed by atoms with Gasteiger partial charge in [-0.2, -0.15) is 4.31 Å². The van der Waals surface area contributed by atoms with Crippen molar-refractivity contribution in [1.82, 2.24) is 14.8 Å². The maximum atomic E-state index is 13.9. The number of carbonyl (C=O) groups excluding carboxylic acids is 1. The molecule has 9 heteroatoms. The highest BCUT2D eigenvalue weighted by atomic mass is 32.2. The smallest absolute Gasteiger partial charge is 0.248 e. The van der Waals surface area contributed by atoms with Crippen molar-refractivity contribution >= 4 is 28.1 Å². The zero-order valence-electron chi connectivity index (χ0n) is 18.2. The van der Waals surface area contributed by atoms with Crippen molar-refractivity contribution in [2.24, 2.45) is 5.92 Å². The Kier molecular flexibility index (Phi) is 6.66. The Morgan fingerprint density at radius 3 is 2.48 bits per heavy atom. The molecule has 168 valence electrons. The third-order valence-corrected chi connectivity index (χ3v) is 7.13. The quantitative estimate of drug-likeness (QED) is 0.753. The lowest BCUT2D eigenvalue weighted by molar-refractivity contribution is -0.127. The summed E-state index contributed by atoms with van der Waals surface area (Å²) in [6, 6.07) is 6.16. The van der Waals surface area contributed by atoms with Gasteiger partial charge in [0.1, 0.15) is 11.5 Å². The summed E-state index contributed by atoms with van der Waals surface area (Å²) in [4.78, 5) is 12.4. The maximum Gasteiger partial charge on any atom is 0.248 e. The average Bonchev–Trinajstić information content (AvgIpc) is 3.07. The summed E-state index contributed by atoms with van der Waals surface area (Å²) in [5.74, 6) is -0.655. The molecule has 2 heterocycles. The number of nitrogens with zero attached hydrogens (tertiary/aromatic N) is 2. The number of aryl methyl sites for hydroxylation is 1. The summed E-state index contributed by atoms with van der Waals surface area (Å²) in [7, 11) is -3.88. The molecular formula is C22H28FN3O4S. The minimum atomic E-state index is -3.88. The van der Waals surface area contributed by atoms with Gasteiger partial charge in [-0.15, -0.1) is 0 Å². The summed E-state index contributed by atoms with van der Waals surface area (Å²) in [6.07, 6.45) is 3.74. The predicted octanol–water partition coefficient (Wildman–Crippen LogP) is 3.61. The molecule has 0 saturated carbocycles. The van der Waals surface area contributed by atoms with Gasteiger partial charge >= 0.3 is 0 Å². The fraction of sp³-hybridized carbons (Fsp3) is 0.455. The molecule has 0 spiro atoms. The number of amides is 1. The molecule has 1 N–H and O–H groups in total. The first-order valence-corrected chi connectivity index (χ1v) is 11.6. The zero-order valence-corrected chi connectivity index (χ0v) is 19.0. The molecule has 2 aromatic rings. The van der Waals surface area contributed by atoms with Crippen LogP contribution in [-0.2, 0) is 14.8 Å². The lowest BCUT2D eigenvalue weighted by atomic mass is 9.96. The van der Waals surface area contributed by atoms with Gasteiger partial charge in [0.15, 0.2) is 10.7 Å². The average molecular weight is 450 g/mol. The van der Waals surface area contributed by atoms with Crippen molar-refractivity contribution in [3.8, 4) is 0 Å². The summed E-state index contributed by atoms with van der Waals surface area (Å²) in [6.45, 7) is 7.75. The second-order valence-corrected chi connectivity index (χ2v) is 10.6. The van der Waals surface area contributed by atoms with Crippen LogP contribution in [0, 0.1) is 18.7 Å². The van der Waals surface area contributed by atoms with E-state index in [1.807, 2.05) is 20.8 Å². The van der Waals surface area contributed by atoms with Crippen molar-refractivity contribution in [3.05, 3.63) is 47.1 Å². The van der Waals surface area contributed by atoms with Crippen LogP contribution in [0.1, 0.15) is 50.6 Å². The Morgan fingerprint density at radius 2 is 1.87 bits per heavy atom. The molecule has 0 aliphatic carbocycles. The molecule has 1 aliphatic heterocycles. The van der Waals surface area contributed by atoms with Gasteiger partial charge in [-0.25, -0.2) is 12.8 Å². The van der Waals surface area contributed by atoms with E-state index < -0.39 is 15.8 Å². The largest absolute Gasteiger partial charge is 0.355 e. The van der Waals surface area contributed by atoms with Crippen LogP contribution >= 0.6 is 0 Å². The maximum absolute atomic E-state index is 13.9. The van der Waals surface area contributed by atoms with Crippen LogP contribution in [0.25, 0.3) is 12.2 Å². The van der Waals surface area contributed by atoms with Crippen molar-refractivity contribution in [2.45, 2.75) is 51.0 Å². The third kappa shape index (κ3) is 5.40. The van der Waals surface area contributed by atoms with E-state index in [2.05, 4.69) is 10.5 Å². The van der Waals surface area contributed by atoms with Gasteiger partial charge in [0.2, 0.25) is 15.9 Å². The normalized spacial score (nSPS) is 16.7. The van der Waals surface area contributed by atoms with Crippen LogP contribution in [0.4, 0.5) is 4.39 Å². The molecule has 1 saturated heterocycles. The summed E-state index contributed by atoms with van der Waals surface area (Å²) in [5.41, 5.74) is 0.214. The highest BCUT2D eigenvalue weighted by Crippen LogP contribution is 2.29. The summed E-state index contributed by atoms with van der Waals surface area (Å²) >= 11 is 0. The van der Waals surface area contributed by atoms with Gasteiger partial charge in [-0.3, -0.25) is 4.79 Å². The Labute approximate surface area is 182 Å². The van der Waals surface area contributed by atoms with Crippen LogP contribution in [0.2, 0.25) is 0 Å². The minimum absolute atomic E-state index is 0.0299. The first-order chi connectivity index (χ1) is 14.5. The number of rotatable bonds is 5. The number of benzene rings is 1. The highest BCUT2D eigenvalue weighted by Gasteiger charge is 2.36. The molecule has 31 heavy (non-hydrogen) atoms. The fourth-order valence-corrected chi connectivity index (χ4v) is 5.25. The van der Waals surface area contributed by atoms with E-state index in [0.29, 0.717) is 18.4 Å². The monoisotopic (exact) mass is 449 g/mol. The molecule has 7 nitrogen and oxygen atoms in total. The van der Waals surface area contributed by atoms with E-state index in [9.17, 15) is 17.6 Å². The number of piperidine rings is 1. The van der Waals surface area contributed by atoms with Crippen molar-refractivity contribution in [2.75, 3.05) is 13.1 Å². The van der Waals surface area contributed by atoms with Gasteiger partial charge in [-0.05, 0) is 58.8 Å². The van der Waals surface area contributed by atoms with Gasteiger partial charge in [0.05, 0.1) is 0 Å². The van der Waals surface area contributed by atoms with Crippen LogP contribution < -0.4 is 5.32 Å². The van der Waals surface area contributed by atoms with Crippen LogP contribution in [-0.4, -0.2) is 42.4 Å². The number of carbonyl (C=O) groups is 1. The molecule has 1 aromatic heterocycles. The second-order valence-electron chi connectivity index (χ2n) is 8.73. The van der Waals surface area contributed by atoms with E-state index in [4.69, 9.17) is 4.52 Å². The molecule has 0 radical (unpaired) electrons. The first kappa shape index (κ1) is 23.1. The van der Waals surface area contributed by atoms with Crippen molar-refractivity contribution in [1.29, 1.82) is 0 Å². The van der Waals surface area contributed by atoms with Crippen molar-refractivity contribution in [3.63, 3.8) is 0 Å². The molecule has 0 unspecified atom stereocenters. The Bertz CT molecular complexity index is 1080. The Morgan fingerprint density at radius 1 is 1.23 bits per heavy atom. The van der Waals surface area contributed by atoms with Gasteiger partial charge in [0, 0.05) is 30.1 Å². The molecule has 0 atom stereocenters. The minimum Gasteiger partial charge on any atom is -0.355 e. The molecule has 3 rings (SSSR count). The fourth-order valence-electron chi connectivity index (χ4n) is 3.53. The number of halogens is 1. The summed E-state index contributed by atoms with van der Waals surface area (Å²) < 4.78 is 47.0. The highest BCUT2D eigenvalue weighted by molar-refractivity contribution is 7.89. The van der Waals surface area contributed by atoms with E-state index in [1.54, 1.807) is 25.1 Å². The van der Waals surface area contributed by atoms with Crippen LogP contribution in [0.3, 0.4) is 0 Å². The third-order valence-electron chi connectivity index (χ3n) is 5.07. The molecule has 1 aliphatic rings. The lowest BCUT2D eigenvalue weighted by Gasteiger charge is -2.32. The van der Waals surface area contributed by atoms with E-state index in [1.165, 1.54) is 22.5 Å². The van der Waals surface area contributed by atoms with E-state index in [0.717, 1.165) is 0 Å². The van der Waals surface area contributed by atoms with Gasteiger partial charge in [0.25, 0.3) is 0 Å². The molecule has 1 aromatic carbocycles. The number of nitrogens with one attached hydrogen (secondary N) is 1. The SMILES string of the molecule is Cc1noc(C=Cc2ccccc2F)c1S(=O)(=O)N1CCC(C(=O)NC(C)(C)C)CC1. The van der Waals surface area contributed by atoms with E-state index in [-0.39, 0.29) is 46.8 Å². The molecular weight excluding hydrogens is 421 g/mol. The van der Waals surface area contributed by atoms with Gasteiger partial charge in [-0.1, -0.05) is 23.4 Å². The number of aromatic nitrogens is 1. The first-order valence-electron chi connectivity index (χ1n) is 10.2. The molecule has 1 fully saturated rings. The number of hydrogen-bond acceptors (Lipinski definition) is 5. The Balaban J connectivity index is 1.77. The number of sulfonamides is 1. The topological polar surface area (TPSA) is 92.5 Å².